The molecule has 0 radical (unpaired) electrons. The summed E-state index contributed by atoms with van der Waals surface area (Å²) in [5, 5.41) is 12.8. The SMILES string of the molecule is COc1c(N2CCNC(C)C2)ccc2c(=O)c(C(=O)O)c[nH]c12. The van der Waals surface area contributed by atoms with Gasteiger partial charge in [-0.1, -0.05) is 0 Å². The molecule has 2 aromatic rings. The third kappa shape index (κ3) is 2.63. The number of nitrogens with one attached hydrogen (secondary N) is 2. The number of carbonyl (C=O) groups is 1. The number of benzene rings is 1. The van der Waals surface area contributed by atoms with E-state index in [4.69, 9.17) is 9.84 Å². The first-order valence-electron chi connectivity index (χ1n) is 7.47. The number of piperazine rings is 1. The Morgan fingerprint density at radius 3 is 2.87 bits per heavy atom. The van der Waals surface area contributed by atoms with Crippen LogP contribution in [0.3, 0.4) is 0 Å². The number of hydrogen-bond donors (Lipinski definition) is 3. The van der Waals surface area contributed by atoms with Crippen molar-refractivity contribution in [3.8, 4) is 5.75 Å². The van der Waals surface area contributed by atoms with Gasteiger partial charge in [0.25, 0.3) is 0 Å². The molecule has 0 spiro atoms. The quantitative estimate of drug-likeness (QED) is 0.783. The van der Waals surface area contributed by atoms with Crippen molar-refractivity contribution in [3.63, 3.8) is 0 Å². The van der Waals surface area contributed by atoms with E-state index < -0.39 is 11.4 Å². The van der Waals surface area contributed by atoms with Crippen LogP contribution in [-0.2, 0) is 0 Å². The first-order valence-corrected chi connectivity index (χ1v) is 7.47. The number of ether oxygens (including phenoxy) is 1. The monoisotopic (exact) mass is 317 g/mol. The molecule has 1 aliphatic rings. The molecule has 7 heteroatoms. The third-order valence-electron chi connectivity index (χ3n) is 4.13. The standard InChI is InChI=1S/C16H19N3O4/c1-9-8-19(6-5-17-9)12-4-3-10-13(15(12)23-2)18-7-11(14(10)20)16(21)22/h3-4,7,9,17H,5-6,8H2,1-2H3,(H,18,20)(H,21,22). The molecule has 23 heavy (non-hydrogen) atoms. The number of H-pyrrole nitrogens is 1. The Bertz CT molecular complexity index is 815. The van der Waals surface area contributed by atoms with E-state index in [1.807, 2.05) is 6.07 Å². The van der Waals surface area contributed by atoms with Crippen LogP contribution in [0.2, 0.25) is 0 Å². The van der Waals surface area contributed by atoms with Crippen molar-refractivity contribution in [2.75, 3.05) is 31.6 Å². The molecule has 1 fully saturated rings. The summed E-state index contributed by atoms with van der Waals surface area (Å²) < 4.78 is 5.52. The molecule has 1 aromatic heterocycles. The molecular formula is C16H19N3O4. The zero-order valence-electron chi connectivity index (χ0n) is 13.0. The van der Waals surface area contributed by atoms with Crippen LogP contribution < -0.4 is 20.4 Å². The molecular weight excluding hydrogens is 298 g/mol. The van der Waals surface area contributed by atoms with Crippen molar-refractivity contribution in [1.82, 2.24) is 10.3 Å². The molecule has 0 bridgehead atoms. The van der Waals surface area contributed by atoms with Gasteiger partial charge in [0.15, 0.2) is 5.75 Å². The highest BCUT2D eigenvalue weighted by molar-refractivity contribution is 5.96. The van der Waals surface area contributed by atoms with Crippen molar-refractivity contribution >= 4 is 22.6 Å². The lowest BCUT2D eigenvalue weighted by molar-refractivity contribution is 0.0695. The molecule has 0 saturated carbocycles. The summed E-state index contributed by atoms with van der Waals surface area (Å²) in [6.07, 6.45) is 1.22. The van der Waals surface area contributed by atoms with Crippen LogP contribution in [0.5, 0.6) is 5.75 Å². The maximum Gasteiger partial charge on any atom is 0.341 e. The molecule has 1 unspecified atom stereocenters. The summed E-state index contributed by atoms with van der Waals surface area (Å²) >= 11 is 0. The number of methoxy groups -OCH3 is 1. The Balaban J connectivity index is 2.17. The van der Waals surface area contributed by atoms with E-state index in [-0.39, 0.29) is 5.56 Å². The number of anilines is 1. The van der Waals surface area contributed by atoms with Crippen LogP contribution in [-0.4, -0.2) is 48.8 Å². The molecule has 1 aliphatic heterocycles. The van der Waals surface area contributed by atoms with Crippen molar-refractivity contribution in [3.05, 3.63) is 34.1 Å². The summed E-state index contributed by atoms with van der Waals surface area (Å²) in [5.74, 6) is -0.683. The van der Waals surface area contributed by atoms with E-state index in [0.29, 0.717) is 22.7 Å². The summed E-state index contributed by atoms with van der Waals surface area (Å²) in [4.78, 5) is 28.5. The highest BCUT2D eigenvalue weighted by Crippen LogP contribution is 2.34. The number of rotatable bonds is 3. The fourth-order valence-electron chi connectivity index (χ4n) is 3.02. The zero-order chi connectivity index (χ0) is 16.6. The van der Waals surface area contributed by atoms with E-state index in [1.54, 1.807) is 13.2 Å². The second-order valence-electron chi connectivity index (χ2n) is 5.68. The second kappa shape index (κ2) is 5.92. The summed E-state index contributed by atoms with van der Waals surface area (Å²) in [6.45, 7) is 4.65. The van der Waals surface area contributed by atoms with Gasteiger partial charge in [0.05, 0.1) is 23.7 Å². The Hall–Kier alpha value is -2.54. The van der Waals surface area contributed by atoms with Crippen LogP contribution in [0.15, 0.2) is 23.1 Å². The van der Waals surface area contributed by atoms with Gasteiger partial charge in [-0.15, -0.1) is 0 Å². The Kier molecular flexibility index (Phi) is 3.96. The van der Waals surface area contributed by atoms with Crippen molar-refractivity contribution in [2.45, 2.75) is 13.0 Å². The molecule has 3 rings (SSSR count). The highest BCUT2D eigenvalue weighted by atomic mass is 16.5. The van der Waals surface area contributed by atoms with Gasteiger partial charge >= 0.3 is 5.97 Å². The Labute approximate surface area is 132 Å². The second-order valence-corrected chi connectivity index (χ2v) is 5.68. The maximum absolute atomic E-state index is 12.3. The highest BCUT2D eigenvalue weighted by Gasteiger charge is 2.22. The number of aromatic carboxylic acids is 1. The normalized spacial score (nSPS) is 18.2. The first kappa shape index (κ1) is 15.4. The predicted octanol–water partition coefficient (Wildman–Crippen LogP) is 1.03. The third-order valence-corrected chi connectivity index (χ3v) is 4.13. The maximum atomic E-state index is 12.3. The van der Waals surface area contributed by atoms with Gasteiger partial charge in [-0.3, -0.25) is 4.79 Å². The number of fused-ring (bicyclic) bond motifs is 1. The lowest BCUT2D eigenvalue weighted by Gasteiger charge is -2.34. The fraction of sp³-hybridized carbons (Fsp3) is 0.375. The van der Waals surface area contributed by atoms with Gasteiger partial charge in [-0.25, -0.2) is 4.79 Å². The molecule has 3 N–H and O–H groups in total. The zero-order valence-corrected chi connectivity index (χ0v) is 13.0. The Morgan fingerprint density at radius 1 is 1.43 bits per heavy atom. The first-order chi connectivity index (χ1) is 11.0. The van der Waals surface area contributed by atoms with E-state index in [2.05, 4.69) is 22.1 Å². The number of nitrogens with zero attached hydrogens (tertiary/aromatic N) is 1. The molecule has 122 valence electrons. The largest absolute Gasteiger partial charge is 0.492 e. The smallest absolute Gasteiger partial charge is 0.341 e. The summed E-state index contributed by atoms with van der Waals surface area (Å²) in [6, 6.07) is 3.84. The summed E-state index contributed by atoms with van der Waals surface area (Å²) in [5.41, 5.74) is 0.631. The number of carboxylic acids is 1. The van der Waals surface area contributed by atoms with E-state index >= 15 is 0 Å². The topological polar surface area (TPSA) is 94.7 Å². The molecule has 2 heterocycles. The van der Waals surface area contributed by atoms with E-state index in [1.165, 1.54) is 6.20 Å². The van der Waals surface area contributed by atoms with Gasteiger partial charge in [0, 0.05) is 31.9 Å². The number of hydrogen-bond acceptors (Lipinski definition) is 5. The molecule has 1 aromatic carbocycles. The fourth-order valence-corrected chi connectivity index (χ4v) is 3.02. The number of aromatic amines is 1. The molecule has 1 atom stereocenters. The minimum Gasteiger partial charge on any atom is -0.492 e. The van der Waals surface area contributed by atoms with Crippen molar-refractivity contribution in [1.29, 1.82) is 0 Å². The minimum absolute atomic E-state index is 0.275. The van der Waals surface area contributed by atoms with E-state index in [9.17, 15) is 9.59 Å². The lowest BCUT2D eigenvalue weighted by Crippen LogP contribution is -2.49. The molecule has 0 amide bonds. The number of pyridine rings is 1. The molecule has 0 aliphatic carbocycles. The number of carboxylic acid groups (broad SMARTS) is 1. The van der Waals surface area contributed by atoms with Crippen LogP contribution in [0, 0.1) is 0 Å². The average molecular weight is 317 g/mol. The van der Waals surface area contributed by atoms with E-state index in [0.717, 1.165) is 25.3 Å². The van der Waals surface area contributed by atoms with Crippen LogP contribution in [0.25, 0.3) is 10.9 Å². The number of aromatic nitrogens is 1. The van der Waals surface area contributed by atoms with Gasteiger partial charge in [0.1, 0.15) is 5.56 Å². The Morgan fingerprint density at radius 2 is 2.22 bits per heavy atom. The van der Waals surface area contributed by atoms with Gasteiger partial charge in [-0.2, -0.15) is 0 Å². The van der Waals surface area contributed by atoms with Gasteiger partial charge < -0.3 is 25.0 Å². The van der Waals surface area contributed by atoms with Crippen LogP contribution in [0.1, 0.15) is 17.3 Å². The van der Waals surface area contributed by atoms with Crippen molar-refractivity contribution in [2.24, 2.45) is 0 Å². The van der Waals surface area contributed by atoms with Crippen LogP contribution >= 0.6 is 0 Å². The van der Waals surface area contributed by atoms with Gasteiger partial charge in [0.2, 0.25) is 5.43 Å². The average Bonchev–Trinajstić information content (AvgIpc) is 2.53. The minimum atomic E-state index is -1.24. The molecule has 7 nitrogen and oxygen atoms in total. The predicted molar refractivity (Wildman–Crippen MR) is 87.8 cm³/mol. The molecule has 1 saturated heterocycles. The summed E-state index contributed by atoms with van der Waals surface area (Å²) in [7, 11) is 1.55. The van der Waals surface area contributed by atoms with Crippen LogP contribution in [0.4, 0.5) is 5.69 Å². The van der Waals surface area contributed by atoms with Crippen molar-refractivity contribution < 1.29 is 14.6 Å². The lowest BCUT2D eigenvalue weighted by atomic mass is 10.1. The van der Waals surface area contributed by atoms with Gasteiger partial charge in [-0.05, 0) is 19.1 Å².